The van der Waals surface area contributed by atoms with Crippen LogP contribution in [-0.2, 0) is 16.2 Å². The molecule has 32 heavy (non-hydrogen) atoms. The summed E-state index contributed by atoms with van der Waals surface area (Å²) in [6.07, 6.45) is 0.342. The zero-order valence-electron chi connectivity index (χ0n) is 17.6. The van der Waals surface area contributed by atoms with Gasteiger partial charge in [-0.15, -0.1) is 0 Å². The lowest BCUT2D eigenvalue weighted by atomic mass is 10.1. The van der Waals surface area contributed by atoms with E-state index in [0.29, 0.717) is 29.3 Å². The summed E-state index contributed by atoms with van der Waals surface area (Å²) in [6.45, 7) is 2.35. The molecule has 1 saturated heterocycles. The Kier molecular flexibility index (Phi) is 6.17. The number of rotatable bonds is 6. The van der Waals surface area contributed by atoms with E-state index in [4.69, 9.17) is 4.74 Å². The summed E-state index contributed by atoms with van der Waals surface area (Å²) in [5.74, 6) is -0.130. The Morgan fingerprint density at radius 1 is 1.00 bits per heavy atom. The molecule has 7 heteroatoms. The van der Waals surface area contributed by atoms with Gasteiger partial charge in [-0.25, -0.2) is 5.01 Å². The molecule has 1 aliphatic rings. The Balaban J connectivity index is 1.46. The Labute approximate surface area is 186 Å². The van der Waals surface area contributed by atoms with Crippen molar-refractivity contribution in [2.45, 2.75) is 26.4 Å². The van der Waals surface area contributed by atoms with Crippen molar-refractivity contribution in [2.75, 3.05) is 10.3 Å². The number of ether oxygens (including phenoxy) is 1. The van der Waals surface area contributed by atoms with Crippen LogP contribution in [0.2, 0.25) is 0 Å². The molecule has 0 spiro atoms. The van der Waals surface area contributed by atoms with Gasteiger partial charge in [-0.05, 0) is 54.4 Å². The SMILES string of the molecule is Cc1ccc(NC(=O)c2ccc(N3NC(=O)CCC3=O)cc2)c(OCc2ccccc2)c1. The van der Waals surface area contributed by atoms with Crippen LogP contribution in [0.5, 0.6) is 5.75 Å². The smallest absolute Gasteiger partial charge is 0.255 e. The lowest BCUT2D eigenvalue weighted by Crippen LogP contribution is -2.50. The summed E-state index contributed by atoms with van der Waals surface area (Å²) < 4.78 is 5.96. The number of hydrogen-bond donors (Lipinski definition) is 2. The van der Waals surface area contributed by atoms with Crippen LogP contribution in [0.3, 0.4) is 0 Å². The molecule has 1 fully saturated rings. The maximum Gasteiger partial charge on any atom is 0.255 e. The van der Waals surface area contributed by atoms with Crippen molar-refractivity contribution in [1.29, 1.82) is 0 Å². The summed E-state index contributed by atoms with van der Waals surface area (Å²) in [4.78, 5) is 36.4. The number of carbonyl (C=O) groups is 3. The number of nitrogens with zero attached hydrogens (tertiary/aromatic N) is 1. The van der Waals surface area contributed by atoms with Gasteiger partial charge in [0.1, 0.15) is 12.4 Å². The van der Waals surface area contributed by atoms with E-state index < -0.39 is 0 Å². The first kappa shape index (κ1) is 21.1. The molecule has 2 N–H and O–H groups in total. The molecule has 1 aliphatic heterocycles. The standard InChI is InChI=1S/C25H23N3O4/c1-17-7-12-21(22(15-17)32-16-18-5-3-2-4-6-18)26-25(31)19-8-10-20(11-9-19)28-24(30)14-13-23(29)27-28/h2-12,15H,13-14,16H2,1H3,(H,26,31)(H,27,29). The molecule has 4 rings (SSSR count). The summed E-state index contributed by atoms with van der Waals surface area (Å²) in [5, 5.41) is 4.10. The zero-order chi connectivity index (χ0) is 22.5. The largest absolute Gasteiger partial charge is 0.487 e. The summed E-state index contributed by atoms with van der Waals surface area (Å²) >= 11 is 0. The van der Waals surface area contributed by atoms with Gasteiger partial charge in [0.25, 0.3) is 5.91 Å². The average Bonchev–Trinajstić information content (AvgIpc) is 2.81. The predicted molar refractivity (Wildman–Crippen MR) is 121 cm³/mol. The van der Waals surface area contributed by atoms with Crippen molar-refractivity contribution < 1.29 is 19.1 Å². The second-order valence-corrected chi connectivity index (χ2v) is 7.54. The maximum absolute atomic E-state index is 12.8. The first-order chi connectivity index (χ1) is 15.5. The third-order valence-corrected chi connectivity index (χ3v) is 5.06. The van der Waals surface area contributed by atoms with Crippen molar-refractivity contribution in [3.8, 4) is 5.75 Å². The molecule has 0 unspecified atom stereocenters. The van der Waals surface area contributed by atoms with Gasteiger partial charge in [0.15, 0.2) is 0 Å². The summed E-state index contributed by atoms with van der Waals surface area (Å²) in [7, 11) is 0. The fourth-order valence-electron chi connectivity index (χ4n) is 3.33. The molecule has 1 heterocycles. The quantitative estimate of drug-likeness (QED) is 0.620. The van der Waals surface area contributed by atoms with E-state index in [-0.39, 0.29) is 30.6 Å². The molecule has 0 bridgehead atoms. The second kappa shape index (κ2) is 9.34. The number of aryl methyl sites for hydroxylation is 1. The van der Waals surface area contributed by atoms with Gasteiger partial charge >= 0.3 is 0 Å². The zero-order valence-corrected chi connectivity index (χ0v) is 17.6. The molecule has 0 atom stereocenters. The third-order valence-electron chi connectivity index (χ3n) is 5.06. The van der Waals surface area contributed by atoms with Crippen molar-refractivity contribution in [1.82, 2.24) is 5.43 Å². The molecule has 0 radical (unpaired) electrons. The van der Waals surface area contributed by atoms with Crippen LogP contribution in [0.15, 0.2) is 72.8 Å². The fourth-order valence-corrected chi connectivity index (χ4v) is 3.33. The lowest BCUT2D eigenvalue weighted by molar-refractivity contribution is -0.130. The first-order valence-electron chi connectivity index (χ1n) is 10.3. The lowest BCUT2D eigenvalue weighted by Gasteiger charge is -2.27. The van der Waals surface area contributed by atoms with E-state index in [1.54, 1.807) is 24.3 Å². The molecule has 162 valence electrons. The second-order valence-electron chi connectivity index (χ2n) is 7.54. The minimum Gasteiger partial charge on any atom is -0.487 e. The summed E-state index contributed by atoms with van der Waals surface area (Å²) in [5.41, 5.74) is 6.07. The van der Waals surface area contributed by atoms with Gasteiger partial charge in [-0.1, -0.05) is 36.4 Å². The molecule has 3 aromatic rings. The molecular formula is C25H23N3O4. The predicted octanol–water partition coefficient (Wildman–Crippen LogP) is 3.98. The molecule has 0 aromatic heterocycles. The number of carbonyl (C=O) groups excluding carboxylic acids is 3. The molecular weight excluding hydrogens is 406 g/mol. The first-order valence-corrected chi connectivity index (χ1v) is 10.3. The van der Waals surface area contributed by atoms with Crippen LogP contribution < -0.4 is 20.5 Å². The van der Waals surface area contributed by atoms with Crippen LogP contribution >= 0.6 is 0 Å². The van der Waals surface area contributed by atoms with Gasteiger partial charge in [-0.3, -0.25) is 19.8 Å². The highest BCUT2D eigenvalue weighted by atomic mass is 16.5. The number of nitrogens with one attached hydrogen (secondary N) is 2. The highest BCUT2D eigenvalue weighted by molar-refractivity contribution is 6.06. The van der Waals surface area contributed by atoms with Crippen LogP contribution in [0.25, 0.3) is 0 Å². The van der Waals surface area contributed by atoms with E-state index in [2.05, 4.69) is 10.7 Å². The van der Waals surface area contributed by atoms with Crippen LogP contribution in [0.4, 0.5) is 11.4 Å². The van der Waals surface area contributed by atoms with Crippen LogP contribution in [0, 0.1) is 6.92 Å². The number of amides is 3. The number of hydrazine groups is 1. The number of hydrogen-bond acceptors (Lipinski definition) is 4. The van der Waals surface area contributed by atoms with Gasteiger partial charge in [-0.2, -0.15) is 0 Å². The van der Waals surface area contributed by atoms with Gasteiger partial charge in [0.05, 0.1) is 11.4 Å². The van der Waals surface area contributed by atoms with Gasteiger partial charge in [0, 0.05) is 18.4 Å². The van der Waals surface area contributed by atoms with E-state index in [9.17, 15) is 14.4 Å². The minimum absolute atomic E-state index is 0.160. The van der Waals surface area contributed by atoms with E-state index in [1.165, 1.54) is 5.01 Å². The van der Waals surface area contributed by atoms with E-state index >= 15 is 0 Å². The number of anilines is 2. The minimum atomic E-state index is -0.307. The van der Waals surface area contributed by atoms with Gasteiger partial charge < -0.3 is 10.1 Å². The number of benzene rings is 3. The fraction of sp³-hybridized carbons (Fsp3) is 0.160. The average molecular weight is 429 g/mol. The van der Waals surface area contributed by atoms with Gasteiger partial charge in [0.2, 0.25) is 11.8 Å². The maximum atomic E-state index is 12.8. The highest BCUT2D eigenvalue weighted by Gasteiger charge is 2.24. The Morgan fingerprint density at radius 3 is 2.50 bits per heavy atom. The monoisotopic (exact) mass is 429 g/mol. The van der Waals surface area contributed by atoms with E-state index in [1.807, 2.05) is 55.5 Å². The topological polar surface area (TPSA) is 87.7 Å². The summed E-state index contributed by atoms with van der Waals surface area (Å²) in [6, 6.07) is 21.9. The molecule has 0 aliphatic carbocycles. The van der Waals surface area contributed by atoms with Crippen molar-refractivity contribution in [2.24, 2.45) is 0 Å². The Hall–Kier alpha value is -4.13. The van der Waals surface area contributed by atoms with E-state index in [0.717, 1.165) is 11.1 Å². The molecule has 3 aromatic carbocycles. The van der Waals surface area contributed by atoms with Crippen LogP contribution in [-0.4, -0.2) is 17.7 Å². The normalized spacial score (nSPS) is 13.5. The van der Waals surface area contributed by atoms with Crippen molar-refractivity contribution in [3.05, 3.63) is 89.5 Å². The Bertz CT molecular complexity index is 1140. The Morgan fingerprint density at radius 2 is 1.75 bits per heavy atom. The highest BCUT2D eigenvalue weighted by Crippen LogP contribution is 2.27. The third kappa shape index (κ3) is 4.95. The molecule has 0 saturated carbocycles. The van der Waals surface area contributed by atoms with Crippen molar-refractivity contribution in [3.63, 3.8) is 0 Å². The molecule has 7 nitrogen and oxygen atoms in total. The van der Waals surface area contributed by atoms with Crippen molar-refractivity contribution >= 4 is 29.1 Å². The van der Waals surface area contributed by atoms with Crippen LogP contribution in [0.1, 0.15) is 34.3 Å². The molecule has 3 amide bonds.